The van der Waals surface area contributed by atoms with Crippen molar-refractivity contribution in [2.75, 3.05) is 0 Å². The van der Waals surface area contributed by atoms with Gasteiger partial charge in [-0.2, -0.15) is 0 Å². The highest BCUT2D eigenvalue weighted by atomic mass is 35.5. The lowest BCUT2D eigenvalue weighted by atomic mass is 9.64. The predicted octanol–water partition coefficient (Wildman–Crippen LogP) is 1.62. The molecule has 2 rings (SSSR count). The number of nitrogens with one attached hydrogen (secondary N) is 1. The van der Waals surface area contributed by atoms with E-state index in [1.807, 2.05) is 13.8 Å². The Morgan fingerprint density at radius 1 is 1.59 bits per heavy atom. The average molecular weight is 255 g/mol. The number of nitrogens with zero attached hydrogens (tertiary/aromatic N) is 1. The van der Waals surface area contributed by atoms with Gasteiger partial charge >= 0.3 is 0 Å². The Hall–Kier alpha value is -1.13. The van der Waals surface area contributed by atoms with Crippen molar-refractivity contribution in [2.24, 2.45) is 5.41 Å². The molecule has 5 heteroatoms. The van der Waals surface area contributed by atoms with Crippen LogP contribution in [0.3, 0.4) is 0 Å². The van der Waals surface area contributed by atoms with E-state index in [1.54, 1.807) is 12.1 Å². The summed E-state index contributed by atoms with van der Waals surface area (Å²) in [7, 11) is 0. The number of halogens is 1. The molecule has 0 aliphatic heterocycles. The third-order valence-corrected chi connectivity index (χ3v) is 3.73. The number of pyridine rings is 1. The summed E-state index contributed by atoms with van der Waals surface area (Å²) in [6.07, 6.45) is 1.69. The molecule has 92 valence electrons. The van der Waals surface area contributed by atoms with Gasteiger partial charge in [-0.05, 0) is 18.6 Å². The molecule has 0 radical (unpaired) electrons. The Morgan fingerprint density at radius 2 is 2.29 bits per heavy atom. The molecule has 1 aliphatic carbocycles. The van der Waals surface area contributed by atoms with Gasteiger partial charge in [-0.3, -0.25) is 4.79 Å². The molecule has 1 aliphatic rings. The normalized spacial score (nSPS) is 26.1. The van der Waals surface area contributed by atoms with Crippen LogP contribution in [-0.4, -0.2) is 28.1 Å². The summed E-state index contributed by atoms with van der Waals surface area (Å²) in [5, 5.41) is 12.8. The molecule has 1 aromatic heterocycles. The smallest absolute Gasteiger partial charge is 0.253 e. The molecular formula is C12H15ClN2O2. The lowest BCUT2D eigenvalue weighted by Crippen LogP contribution is -2.61. The average Bonchev–Trinajstić information content (AvgIpc) is 2.29. The topological polar surface area (TPSA) is 62.2 Å². The number of hydrogen-bond acceptors (Lipinski definition) is 3. The predicted molar refractivity (Wildman–Crippen MR) is 64.9 cm³/mol. The zero-order valence-corrected chi connectivity index (χ0v) is 10.5. The van der Waals surface area contributed by atoms with Gasteiger partial charge in [-0.25, -0.2) is 4.98 Å². The standard InChI is InChI=1S/C12H15ClN2O2/c1-12(2)8(5-9(12)16)15-11(17)7-3-4-10(13)14-6-7/h3-4,6,8-9,16H,5H2,1-2H3,(H,15,17). The van der Waals surface area contributed by atoms with Crippen LogP contribution in [0.4, 0.5) is 0 Å². The van der Waals surface area contributed by atoms with Crippen LogP contribution in [0.2, 0.25) is 5.15 Å². The minimum absolute atomic E-state index is 0.000628. The van der Waals surface area contributed by atoms with Crippen LogP contribution in [-0.2, 0) is 0 Å². The molecule has 0 spiro atoms. The zero-order valence-electron chi connectivity index (χ0n) is 9.77. The molecule has 0 saturated heterocycles. The van der Waals surface area contributed by atoms with E-state index < -0.39 is 0 Å². The first-order valence-electron chi connectivity index (χ1n) is 5.51. The van der Waals surface area contributed by atoms with Crippen molar-refractivity contribution in [3.05, 3.63) is 29.0 Å². The molecule has 1 saturated carbocycles. The van der Waals surface area contributed by atoms with Crippen LogP contribution >= 0.6 is 11.6 Å². The SMILES string of the molecule is CC1(C)C(O)CC1NC(=O)c1ccc(Cl)nc1. The van der Waals surface area contributed by atoms with E-state index >= 15 is 0 Å². The first kappa shape index (κ1) is 12.3. The Labute approximate surface area is 105 Å². The fourth-order valence-electron chi connectivity index (χ4n) is 1.90. The van der Waals surface area contributed by atoms with Crippen molar-refractivity contribution in [1.82, 2.24) is 10.3 Å². The van der Waals surface area contributed by atoms with Gasteiger partial charge in [-0.1, -0.05) is 25.4 Å². The number of hydrogen-bond donors (Lipinski definition) is 2. The van der Waals surface area contributed by atoms with Crippen LogP contribution in [0.25, 0.3) is 0 Å². The summed E-state index contributed by atoms with van der Waals surface area (Å²) in [6, 6.07) is 3.21. The Balaban J connectivity index is 2.01. The van der Waals surface area contributed by atoms with E-state index in [0.29, 0.717) is 17.1 Å². The minimum Gasteiger partial charge on any atom is -0.392 e. The number of aliphatic hydroxyl groups is 1. The van der Waals surface area contributed by atoms with E-state index in [2.05, 4.69) is 10.3 Å². The van der Waals surface area contributed by atoms with Gasteiger partial charge in [-0.15, -0.1) is 0 Å². The van der Waals surface area contributed by atoms with Gasteiger partial charge in [0.25, 0.3) is 5.91 Å². The summed E-state index contributed by atoms with van der Waals surface area (Å²) >= 11 is 5.65. The minimum atomic E-state index is -0.351. The fraction of sp³-hybridized carbons (Fsp3) is 0.500. The first-order valence-corrected chi connectivity index (χ1v) is 5.89. The van der Waals surface area contributed by atoms with Gasteiger partial charge in [0.15, 0.2) is 0 Å². The van der Waals surface area contributed by atoms with Crippen LogP contribution in [0.1, 0.15) is 30.6 Å². The lowest BCUT2D eigenvalue weighted by molar-refractivity contribution is -0.0689. The van der Waals surface area contributed by atoms with Gasteiger partial charge in [0.05, 0.1) is 11.7 Å². The van der Waals surface area contributed by atoms with E-state index in [0.717, 1.165) is 0 Å². The monoisotopic (exact) mass is 254 g/mol. The molecule has 1 heterocycles. The molecule has 2 atom stereocenters. The number of carbonyl (C=O) groups excluding carboxylic acids is 1. The molecule has 1 amide bonds. The summed E-state index contributed by atoms with van der Waals surface area (Å²) in [6.45, 7) is 3.87. The second-order valence-corrected chi connectivity index (χ2v) is 5.36. The summed E-state index contributed by atoms with van der Waals surface area (Å²) in [4.78, 5) is 15.7. The Kier molecular flexibility index (Phi) is 3.10. The van der Waals surface area contributed by atoms with E-state index in [4.69, 9.17) is 11.6 Å². The number of aliphatic hydroxyl groups excluding tert-OH is 1. The van der Waals surface area contributed by atoms with Crippen molar-refractivity contribution < 1.29 is 9.90 Å². The molecule has 0 aromatic carbocycles. The van der Waals surface area contributed by atoms with E-state index in [9.17, 15) is 9.90 Å². The number of carbonyl (C=O) groups is 1. The Morgan fingerprint density at radius 3 is 2.76 bits per heavy atom. The van der Waals surface area contributed by atoms with Gasteiger partial charge in [0.1, 0.15) is 5.15 Å². The largest absolute Gasteiger partial charge is 0.392 e. The molecule has 17 heavy (non-hydrogen) atoms. The number of rotatable bonds is 2. The quantitative estimate of drug-likeness (QED) is 0.789. The van der Waals surface area contributed by atoms with Gasteiger partial charge < -0.3 is 10.4 Å². The van der Waals surface area contributed by atoms with Crippen LogP contribution in [0, 0.1) is 5.41 Å². The second-order valence-electron chi connectivity index (χ2n) is 4.97. The highest BCUT2D eigenvalue weighted by Crippen LogP contribution is 2.40. The third-order valence-electron chi connectivity index (χ3n) is 3.51. The second kappa shape index (κ2) is 4.27. The maximum atomic E-state index is 11.9. The fourth-order valence-corrected chi connectivity index (χ4v) is 2.01. The number of amides is 1. The molecule has 0 bridgehead atoms. The van der Waals surface area contributed by atoms with Crippen molar-refractivity contribution in [3.8, 4) is 0 Å². The van der Waals surface area contributed by atoms with Crippen LogP contribution < -0.4 is 5.32 Å². The van der Waals surface area contributed by atoms with Crippen LogP contribution in [0.15, 0.2) is 18.3 Å². The van der Waals surface area contributed by atoms with Crippen molar-refractivity contribution in [1.29, 1.82) is 0 Å². The number of aromatic nitrogens is 1. The molecule has 4 nitrogen and oxygen atoms in total. The van der Waals surface area contributed by atoms with Crippen molar-refractivity contribution >= 4 is 17.5 Å². The highest BCUT2D eigenvalue weighted by molar-refractivity contribution is 6.29. The van der Waals surface area contributed by atoms with Gasteiger partial charge in [0.2, 0.25) is 0 Å². The van der Waals surface area contributed by atoms with Crippen molar-refractivity contribution in [2.45, 2.75) is 32.4 Å². The first-order chi connectivity index (χ1) is 7.91. The van der Waals surface area contributed by atoms with Crippen LogP contribution in [0.5, 0.6) is 0 Å². The third kappa shape index (κ3) is 2.28. The maximum absolute atomic E-state index is 11.9. The Bertz CT molecular complexity index is 431. The summed E-state index contributed by atoms with van der Waals surface area (Å²) in [5.41, 5.74) is 0.210. The summed E-state index contributed by atoms with van der Waals surface area (Å²) in [5.74, 6) is -0.181. The maximum Gasteiger partial charge on any atom is 0.253 e. The van der Waals surface area contributed by atoms with E-state index in [-0.39, 0.29) is 23.5 Å². The van der Waals surface area contributed by atoms with Gasteiger partial charge in [0, 0.05) is 17.7 Å². The molecule has 2 N–H and O–H groups in total. The van der Waals surface area contributed by atoms with Crippen molar-refractivity contribution in [3.63, 3.8) is 0 Å². The zero-order chi connectivity index (χ0) is 12.6. The molecule has 1 aromatic rings. The molecule has 2 unspecified atom stereocenters. The van der Waals surface area contributed by atoms with E-state index in [1.165, 1.54) is 6.20 Å². The highest BCUT2D eigenvalue weighted by Gasteiger charge is 2.47. The molecular weight excluding hydrogens is 240 g/mol. The summed E-state index contributed by atoms with van der Waals surface area (Å²) < 4.78 is 0. The lowest BCUT2D eigenvalue weighted by Gasteiger charge is -2.49. The molecule has 1 fully saturated rings.